The van der Waals surface area contributed by atoms with Crippen LogP contribution in [0.2, 0.25) is 0 Å². The number of hydrogen-bond acceptors (Lipinski definition) is 13. The largest absolute Gasteiger partial charge is 1.00 e. The van der Waals surface area contributed by atoms with Crippen LogP contribution in [-0.4, -0.2) is 93.2 Å². The predicted octanol–water partition coefficient (Wildman–Crippen LogP) is -4.64. The Balaban J connectivity index is -0.0000000769. The van der Waals surface area contributed by atoms with Gasteiger partial charge in [0.05, 0.1) is 42.7 Å². The molecule has 0 spiro atoms. The molecule has 0 aliphatic heterocycles. The van der Waals surface area contributed by atoms with Crippen molar-refractivity contribution in [3.05, 3.63) is 0 Å². The minimum atomic E-state index is -4.64. The summed E-state index contributed by atoms with van der Waals surface area (Å²) in [4.78, 5) is 83.1. The van der Waals surface area contributed by atoms with E-state index in [4.69, 9.17) is 19.2 Å². The van der Waals surface area contributed by atoms with Gasteiger partial charge < -0.3 is 44.5 Å². The molecule has 0 saturated heterocycles. The van der Waals surface area contributed by atoms with E-state index in [0.717, 1.165) is 0 Å². The van der Waals surface area contributed by atoms with Gasteiger partial charge in [-0.05, 0) is 0 Å². The van der Waals surface area contributed by atoms with E-state index in [-0.39, 0.29) is 39.5 Å². The van der Waals surface area contributed by atoms with Crippen molar-refractivity contribution >= 4 is 43.6 Å². The first kappa shape index (κ1) is 40.8. The Hall–Kier alpha value is -2.47. The van der Waals surface area contributed by atoms with Crippen molar-refractivity contribution in [1.29, 1.82) is 0 Å². The zero-order chi connectivity index (χ0) is 26.3. The zero-order valence-electron chi connectivity index (χ0n) is 20.2. The molecule has 0 amide bonds. The summed E-state index contributed by atoms with van der Waals surface area (Å²) in [5.41, 5.74) is 0. The molecule has 0 bridgehead atoms. The maximum atomic E-state index is 10.3. The maximum Gasteiger partial charge on any atom is 1.00 e. The van der Waals surface area contributed by atoms with Gasteiger partial charge in [-0.3, -0.25) is 28.8 Å². The molecule has 16 nitrogen and oxygen atoms in total. The molecule has 0 aliphatic rings. The molecule has 0 aromatic heterocycles. The van der Waals surface area contributed by atoms with Crippen LogP contribution >= 0.6 is 7.82 Å². The summed E-state index contributed by atoms with van der Waals surface area (Å²) in [7, 11) is 2.64. The van der Waals surface area contributed by atoms with Crippen LogP contribution in [0.25, 0.3) is 0 Å². The van der Waals surface area contributed by atoms with Crippen LogP contribution < -0.4 is 18.9 Å². The normalized spacial score (nSPS) is 8.52. The van der Waals surface area contributed by atoms with Gasteiger partial charge in [0.1, 0.15) is 19.3 Å². The third-order valence-corrected chi connectivity index (χ3v) is 2.23. The number of ether oxygens (including phenoxy) is 6. The molecular weight excluding hydrogens is 474 g/mol. The molecule has 0 saturated carbocycles. The third kappa shape index (κ3) is 48.3. The first-order valence-corrected chi connectivity index (χ1v) is 9.37. The quantitative estimate of drug-likeness (QED) is 0.102. The van der Waals surface area contributed by atoms with Gasteiger partial charge in [-0.2, -0.15) is 0 Å². The summed E-state index contributed by atoms with van der Waals surface area (Å²) in [6, 6.07) is 0. The van der Waals surface area contributed by atoms with E-state index in [1.54, 1.807) is 0 Å². The van der Waals surface area contributed by atoms with Crippen LogP contribution in [0.4, 0.5) is 0 Å². The molecule has 0 fully saturated rings. The second kappa shape index (κ2) is 25.8. The molecule has 3 N–H and O–H groups in total. The molecule has 0 unspecified atom stereocenters. The van der Waals surface area contributed by atoms with Crippen LogP contribution in [0, 0.1) is 0 Å². The van der Waals surface area contributed by atoms with E-state index in [1.165, 1.54) is 42.7 Å². The molecule has 0 aliphatic carbocycles. The fourth-order valence-electron chi connectivity index (χ4n) is 0.787. The first-order chi connectivity index (χ1) is 14.6. The smallest absolute Gasteiger partial charge is 1.00 e. The molecule has 0 rings (SSSR count). The summed E-state index contributed by atoms with van der Waals surface area (Å²) < 4.78 is 34.0. The molecule has 0 heterocycles. The number of carbonyl (C=O) groups excluding carboxylic acids is 6. The average Bonchev–Trinajstić information content (AvgIpc) is 2.72. The molecule has 0 atom stereocenters. The van der Waals surface area contributed by atoms with Gasteiger partial charge in [0.2, 0.25) is 0 Å². The van der Waals surface area contributed by atoms with Crippen molar-refractivity contribution in [2.24, 2.45) is 0 Å². The third-order valence-electron chi connectivity index (χ3n) is 2.23. The predicted molar refractivity (Wildman–Crippen MR) is 101 cm³/mol. The van der Waals surface area contributed by atoms with Crippen LogP contribution in [0.15, 0.2) is 0 Å². The second-order valence-electron chi connectivity index (χ2n) is 4.50. The van der Waals surface area contributed by atoms with Gasteiger partial charge in [-0.25, -0.2) is 4.57 Å². The fourth-order valence-corrected chi connectivity index (χ4v) is 0.787. The number of carbonyl (C=O) groups is 6. The SMILES string of the molecule is COC(=O)CC(=O)OC.COC(=O)CC(=O)OC.COC(=O)CC(=O)OC.O=P(O)(O)O.[H-].[Li+]. The molecule has 0 radical (unpaired) electrons. The van der Waals surface area contributed by atoms with Crippen molar-refractivity contribution in [3.8, 4) is 0 Å². The van der Waals surface area contributed by atoms with Crippen molar-refractivity contribution < 1.29 is 96.7 Å². The molecule has 0 aromatic carbocycles. The topological polar surface area (TPSA) is 236 Å². The maximum absolute atomic E-state index is 10.3. The Morgan fingerprint density at radius 1 is 0.515 bits per heavy atom. The molecule has 190 valence electrons. The number of rotatable bonds is 6. The minimum Gasteiger partial charge on any atom is -1.00 e. The number of esters is 6. The van der Waals surface area contributed by atoms with Gasteiger partial charge in [-0.1, -0.05) is 0 Å². The summed E-state index contributed by atoms with van der Waals surface area (Å²) >= 11 is 0. The number of hydrogen-bond donors (Lipinski definition) is 3. The van der Waals surface area contributed by atoms with Crippen LogP contribution in [0.5, 0.6) is 0 Å². The Morgan fingerprint density at radius 3 is 0.667 bits per heavy atom. The van der Waals surface area contributed by atoms with Crippen LogP contribution in [0.3, 0.4) is 0 Å². The van der Waals surface area contributed by atoms with Crippen molar-refractivity contribution in [3.63, 3.8) is 0 Å². The van der Waals surface area contributed by atoms with E-state index < -0.39 is 43.6 Å². The number of phosphoric acid groups is 1. The minimum absolute atomic E-state index is 0. The molecular formula is C15H28LiO16P. The molecule has 0 aromatic rings. The van der Waals surface area contributed by atoms with Crippen molar-refractivity contribution in [2.45, 2.75) is 19.3 Å². The fraction of sp³-hybridized carbons (Fsp3) is 0.600. The number of methoxy groups -OCH3 is 6. The van der Waals surface area contributed by atoms with E-state index >= 15 is 0 Å². The van der Waals surface area contributed by atoms with Crippen LogP contribution in [0.1, 0.15) is 20.7 Å². The summed E-state index contributed by atoms with van der Waals surface area (Å²) in [6.07, 6.45) is -0.938. The standard InChI is InChI=1S/3C5H8O4.Li.H3O4P.H/c3*1-8-4(6)3-5(7)9-2;;1-5(2,3)4;/h3*3H2,1-2H3;;(H3,1,2,3,4);/q;;;+1;;-1. The molecule has 33 heavy (non-hydrogen) atoms. The van der Waals surface area contributed by atoms with E-state index in [2.05, 4.69) is 28.4 Å². The second-order valence-corrected chi connectivity index (χ2v) is 5.53. The zero-order valence-corrected chi connectivity index (χ0v) is 20.1. The summed E-state index contributed by atoms with van der Waals surface area (Å²) in [5.74, 6) is -3.49. The Morgan fingerprint density at radius 2 is 0.606 bits per heavy atom. The van der Waals surface area contributed by atoms with Crippen molar-refractivity contribution in [1.82, 2.24) is 0 Å². The average molecular weight is 502 g/mol. The summed E-state index contributed by atoms with van der Waals surface area (Å²) in [6.45, 7) is 0. The van der Waals surface area contributed by atoms with Gasteiger partial charge in [-0.15, -0.1) is 0 Å². The van der Waals surface area contributed by atoms with Gasteiger partial charge in [0.15, 0.2) is 0 Å². The van der Waals surface area contributed by atoms with Gasteiger partial charge >= 0.3 is 62.5 Å². The van der Waals surface area contributed by atoms with E-state index in [0.29, 0.717) is 0 Å². The Labute approximate surface area is 202 Å². The Bertz CT molecular complexity index is 529. The monoisotopic (exact) mass is 502 g/mol. The van der Waals surface area contributed by atoms with Gasteiger partial charge in [0.25, 0.3) is 0 Å². The summed E-state index contributed by atoms with van der Waals surface area (Å²) in [5, 5.41) is 0. The van der Waals surface area contributed by atoms with E-state index in [1.807, 2.05) is 0 Å². The molecule has 18 heteroatoms. The van der Waals surface area contributed by atoms with Crippen LogP contribution in [-0.2, 0) is 61.8 Å². The van der Waals surface area contributed by atoms with Gasteiger partial charge in [0, 0.05) is 0 Å². The Kier molecular flexibility index (Phi) is 31.9. The van der Waals surface area contributed by atoms with E-state index in [9.17, 15) is 28.8 Å². The first-order valence-electron chi connectivity index (χ1n) is 7.80. The van der Waals surface area contributed by atoms with Crippen molar-refractivity contribution in [2.75, 3.05) is 42.7 Å².